The number of nitrogens with zero attached hydrogens (tertiary/aromatic N) is 1. The summed E-state index contributed by atoms with van der Waals surface area (Å²) in [4.78, 5) is 23.8. The summed E-state index contributed by atoms with van der Waals surface area (Å²) in [7, 11) is 0. The number of hydrogen-bond donors (Lipinski definition) is 0. The van der Waals surface area contributed by atoms with E-state index in [0.717, 1.165) is 11.8 Å². The second kappa shape index (κ2) is 3.63. The standard InChI is InChI=1S/C9H6ClNO2S/c10-6-1-3-7(4-2-6)11-8(12)5-14-9(11)13/h1-4H,5H2. The third-order valence-electron chi connectivity index (χ3n) is 1.84. The lowest BCUT2D eigenvalue weighted by molar-refractivity contribution is -0.115. The molecular weight excluding hydrogens is 222 g/mol. The maximum absolute atomic E-state index is 11.3. The highest BCUT2D eigenvalue weighted by molar-refractivity contribution is 8.15. The lowest BCUT2D eigenvalue weighted by atomic mass is 10.3. The summed E-state index contributed by atoms with van der Waals surface area (Å²) in [6.07, 6.45) is 0. The molecule has 0 radical (unpaired) electrons. The minimum Gasteiger partial charge on any atom is -0.273 e. The van der Waals surface area contributed by atoms with Gasteiger partial charge in [-0.05, 0) is 24.3 Å². The normalized spacial score (nSPS) is 16.5. The van der Waals surface area contributed by atoms with Gasteiger partial charge < -0.3 is 0 Å². The van der Waals surface area contributed by atoms with Crippen molar-refractivity contribution in [1.29, 1.82) is 0 Å². The molecule has 1 aliphatic heterocycles. The zero-order valence-corrected chi connectivity index (χ0v) is 8.64. The number of hydrogen-bond acceptors (Lipinski definition) is 3. The van der Waals surface area contributed by atoms with Gasteiger partial charge in [0.05, 0.1) is 11.4 Å². The van der Waals surface area contributed by atoms with Crippen LogP contribution in [0.15, 0.2) is 24.3 Å². The van der Waals surface area contributed by atoms with Gasteiger partial charge in [0.25, 0.3) is 5.24 Å². The van der Waals surface area contributed by atoms with Gasteiger partial charge in [-0.2, -0.15) is 0 Å². The number of carbonyl (C=O) groups excluding carboxylic acids is 2. The average Bonchev–Trinajstić information content (AvgIpc) is 2.49. The van der Waals surface area contributed by atoms with Crippen molar-refractivity contribution in [1.82, 2.24) is 0 Å². The Morgan fingerprint density at radius 1 is 1.21 bits per heavy atom. The Balaban J connectivity index is 2.34. The summed E-state index contributed by atoms with van der Waals surface area (Å²) in [5, 5.41) is 0.359. The minimum absolute atomic E-state index is 0.178. The maximum atomic E-state index is 11.3. The van der Waals surface area contributed by atoms with E-state index in [2.05, 4.69) is 0 Å². The number of halogens is 1. The first-order valence-electron chi connectivity index (χ1n) is 3.94. The smallest absolute Gasteiger partial charge is 0.273 e. The van der Waals surface area contributed by atoms with Gasteiger partial charge in [0.2, 0.25) is 5.91 Å². The molecule has 1 heterocycles. The molecule has 0 saturated carbocycles. The molecule has 0 spiro atoms. The van der Waals surface area contributed by atoms with Gasteiger partial charge in [-0.1, -0.05) is 23.4 Å². The largest absolute Gasteiger partial charge is 0.293 e. The Morgan fingerprint density at radius 3 is 2.36 bits per heavy atom. The van der Waals surface area contributed by atoms with Crippen LogP contribution in [0.1, 0.15) is 0 Å². The first-order valence-corrected chi connectivity index (χ1v) is 5.30. The lowest BCUT2D eigenvalue weighted by Gasteiger charge is -2.12. The molecule has 0 N–H and O–H groups in total. The first-order chi connectivity index (χ1) is 6.68. The van der Waals surface area contributed by atoms with Crippen LogP contribution in [0.25, 0.3) is 0 Å². The van der Waals surface area contributed by atoms with Crippen molar-refractivity contribution in [3.63, 3.8) is 0 Å². The van der Waals surface area contributed by atoms with Crippen molar-refractivity contribution in [2.24, 2.45) is 0 Å². The SMILES string of the molecule is O=C1CSC(=O)N1c1ccc(Cl)cc1. The second-order valence-corrected chi connectivity index (χ2v) is 4.12. The van der Waals surface area contributed by atoms with Crippen LogP contribution in [0.3, 0.4) is 0 Å². The number of anilines is 1. The van der Waals surface area contributed by atoms with Crippen LogP contribution in [0.4, 0.5) is 10.5 Å². The summed E-state index contributed by atoms with van der Waals surface area (Å²) in [5.74, 6) is 0.0453. The predicted octanol–water partition coefficient (Wildman–Crippen LogP) is 2.54. The molecule has 1 aromatic carbocycles. The number of thioether (sulfide) groups is 1. The summed E-state index contributed by atoms with van der Waals surface area (Å²) >= 11 is 6.71. The van der Waals surface area contributed by atoms with Crippen LogP contribution in [-0.4, -0.2) is 16.9 Å². The van der Waals surface area contributed by atoms with Gasteiger partial charge >= 0.3 is 0 Å². The van der Waals surface area contributed by atoms with Gasteiger partial charge in [-0.25, -0.2) is 4.90 Å². The quantitative estimate of drug-likeness (QED) is 0.740. The molecule has 1 saturated heterocycles. The molecule has 5 heteroatoms. The van der Waals surface area contributed by atoms with Crippen LogP contribution in [-0.2, 0) is 4.79 Å². The highest BCUT2D eigenvalue weighted by atomic mass is 35.5. The molecule has 0 unspecified atom stereocenters. The number of benzene rings is 1. The Morgan fingerprint density at radius 2 is 1.86 bits per heavy atom. The highest BCUT2D eigenvalue weighted by Gasteiger charge is 2.30. The van der Waals surface area contributed by atoms with E-state index in [1.165, 1.54) is 4.90 Å². The summed E-state index contributed by atoms with van der Waals surface area (Å²) < 4.78 is 0. The summed E-state index contributed by atoms with van der Waals surface area (Å²) in [5.41, 5.74) is 0.578. The van der Waals surface area contributed by atoms with E-state index < -0.39 is 0 Å². The maximum Gasteiger partial charge on any atom is 0.293 e. The van der Waals surface area contributed by atoms with Gasteiger partial charge in [0.1, 0.15) is 0 Å². The minimum atomic E-state index is -0.225. The topological polar surface area (TPSA) is 37.4 Å². The van der Waals surface area contributed by atoms with Crippen LogP contribution in [0.2, 0.25) is 5.02 Å². The zero-order chi connectivity index (χ0) is 10.1. The van der Waals surface area contributed by atoms with Crippen LogP contribution < -0.4 is 4.90 Å². The van der Waals surface area contributed by atoms with Crippen molar-refractivity contribution in [3.8, 4) is 0 Å². The molecule has 72 valence electrons. The first kappa shape index (κ1) is 9.55. The molecule has 2 amide bonds. The monoisotopic (exact) mass is 227 g/mol. The molecule has 0 atom stereocenters. The summed E-state index contributed by atoms with van der Waals surface area (Å²) in [6, 6.07) is 6.62. The highest BCUT2D eigenvalue weighted by Crippen LogP contribution is 2.27. The molecule has 1 aromatic rings. The fourth-order valence-corrected chi connectivity index (χ4v) is 2.03. The molecule has 1 aliphatic rings. The van der Waals surface area contributed by atoms with E-state index >= 15 is 0 Å². The van der Waals surface area contributed by atoms with Crippen molar-refractivity contribution in [3.05, 3.63) is 29.3 Å². The Kier molecular flexibility index (Phi) is 2.48. The molecule has 0 aliphatic carbocycles. The van der Waals surface area contributed by atoms with Crippen molar-refractivity contribution < 1.29 is 9.59 Å². The number of imide groups is 1. The predicted molar refractivity (Wildman–Crippen MR) is 56.8 cm³/mol. The average molecular weight is 228 g/mol. The zero-order valence-electron chi connectivity index (χ0n) is 7.07. The molecular formula is C9H6ClNO2S. The van der Waals surface area contributed by atoms with E-state index in [1.807, 2.05) is 0 Å². The number of carbonyl (C=O) groups is 2. The van der Waals surface area contributed by atoms with Gasteiger partial charge in [0.15, 0.2) is 0 Å². The Bertz CT molecular complexity index is 374. The fraction of sp³-hybridized carbons (Fsp3) is 0.111. The molecule has 0 bridgehead atoms. The molecule has 3 nitrogen and oxygen atoms in total. The van der Waals surface area contributed by atoms with Gasteiger partial charge in [-0.15, -0.1) is 0 Å². The Hall–Kier alpha value is -1.00. The molecule has 14 heavy (non-hydrogen) atoms. The summed E-state index contributed by atoms with van der Waals surface area (Å²) in [6.45, 7) is 0. The lowest BCUT2D eigenvalue weighted by Crippen LogP contribution is -2.27. The van der Waals surface area contributed by atoms with Gasteiger partial charge in [0, 0.05) is 5.02 Å². The number of rotatable bonds is 1. The van der Waals surface area contributed by atoms with E-state index in [4.69, 9.17) is 11.6 Å². The van der Waals surface area contributed by atoms with E-state index in [-0.39, 0.29) is 16.9 Å². The Labute approximate surface area is 90.0 Å². The van der Waals surface area contributed by atoms with Crippen molar-refractivity contribution >= 4 is 40.2 Å². The van der Waals surface area contributed by atoms with Crippen LogP contribution in [0, 0.1) is 0 Å². The van der Waals surface area contributed by atoms with Gasteiger partial charge in [-0.3, -0.25) is 9.59 Å². The van der Waals surface area contributed by atoms with Crippen molar-refractivity contribution in [2.75, 3.05) is 10.7 Å². The van der Waals surface area contributed by atoms with E-state index in [0.29, 0.717) is 10.7 Å². The molecule has 0 aromatic heterocycles. The van der Waals surface area contributed by atoms with Crippen molar-refractivity contribution in [2.45, 2.75) is 0 Å². The molecule has 1 fully saturated rings. The van der Waals surface area contributed by atoms with Crippen LogP contribution in [0.5, 0.6) is 0 Å². The van der Waals surface area contributed by atoms with E-state index in [9.17, 15) is 9.59 Å². The van der Waals surface area contributed by atoms with Crippen LogP contribution >= 0.6 is 23.4 Å². The fourth-order valence-electron chi connectivity index (χ4n) is 1.19. The third-order valence-corrected chi connectivity index (χ3v) is 2.91. The van der Waals surface area contributed by atoms with E-state index in [1.54, 1.807) is 24.3 Å². The second-order valence-electron chi connectivity index (χ2n) is 2.76. The molecule has 2 rings (SSSR count). The third kappa shape index (κ3) is 1.63. The number of amides is 2.